The van der Waals surface area contributed by atoms with Gasteiger partial charge in [-0.2, -0.15) is 0 Å². The average Bonchev–Trinajstić information content (AvgIpc) is 2.04. The molecule has 0 atom stereocenters. The Morgan fingerprint density at radius 2 is 2.27 bits per heavy atom. The van der Waals surface area contributed by atoms with E-state index < -0.39 is 0 Å². The molecular formula is C9H16O2. The van der Waals surface area contributed by atoms with Crippen LogP contribution in [0.1, 0.15) is 26.7 Å². The molecule has 11 heavy (non-hydrogen) atoms. The summed E-state index contributed by atoms with van der Waals surface area (Å²) >= 11 is 0. The highest BCUT2D eigenvalue weighted by Gasteiger charge is 1.95. The molecule has 0 unspecified atom stereocenters. The van der Waals surface area contributed by atoms with Crippen LogP contribution in [0.15, 0.2) is 12.2 Å². The zero-order chi connectivity index (χ0) is 8.53. The van der Waals surface area contributed by atoms with E-state index in [1.807, 2.05) is 26.0 Å². The third-order valence-electron chi connectivity index (χ3n) is 1.37. The van der Waals surface area contributed by atoms with E-state index in [0.717, 1.165) is 0 Å². The number of carbonyl (C=O) groups excluding carboxylic acids is 1. The van der Waals surface area contributed by atoms with Crippen molar-refractivity contribution in [1.29, 1.82) is 0 Å². The van der Waals surface area contributed by atoms with Gasteiger partial charge in [0.1, 0.15) is 5.78 Å². The molecule has 0 aliphatic rings. The number of rotatable bonds is 6. The molecular weight excluding hydrogens is 140 g/mol. The molecule has 0 bridgehead atoms. The fraction of sp³-hybridized carbons (Fsp3) is 0.667. The molecule has 0 heterocycles. The van der Waals surface area contributed by atoms with E-state index in [-0.39, 0.29) is 5.78 Å². The highest BCUT2D eigenvalue weighted by molar-refractivity contribution is 5.78. The predicted octanol–water partition coefficient (Wildman–Crippen LogP) is 1.95. The zero-order valence-electron chi connectivity index (χ0n) is 7.30. The Morgan fingerprint density at radius 3 is 2.82 bits per heavy atom. The predicted molar refractivity (Wildman–Crippen MR) is 45.5 cm³/mol. The second-order valence-electron chi connectivity index (χ2n) is 2.29. The van der Waals surface area contributed by atoms with Crippen molar-refractivity contribution in [3.05, 3.63) is 12.2 Å². The molecule has 0 aromatic heterocycles. The number of hydrogen-bond acceptors (Lipinski definition) is 2. The summed E-state index contributed by atoms with van der Waals surface area (Å²) in [4.78, 5) is 10.7. The lowest BCUT2D eigenvalue weighted by molar-refractivity contribution is -0.119. The molecule has 0 spiro atoms. The van der Waals surface area contributed by atoms with Crippen LogP contribution in [-0.4, -0.2) is 19.0 Å². The van der Waals surface area contributed by atoms with Crippen molar-refractivity contribution in [2.24, 2.45) is 0 Å². The van der Waals surface area contributed by atoms with Crippen LogP contribution in [0.2, 0.25) is 0 Å². The Balaban J connectivity index is 3.08. The highest BCUT2D eigenvalue weighted by Crippen LogP contribution is 1.89. The molecule has 0 rings (SSSR count). The SMILES string of the molecule is C/C=C/COCCC(=O)CC. The Hall–Kier alpha value is -0.630. The van der Waals surface area contributed by atoms with E-state index in [4.69, 9.17) is 4.74 Å². The Kier molecular flexibility index (Phi) is 7.05. The maximum absolute atomic E-state index is 10.7. The second-order valence-corrected chi connectivity index (χ2v) is 2.29. The first-order chi connectivity index (χ1) is 5.31. The van der Waals surface area contributed by atoms with Crippen molar-refractivity contribution in [2.75, 3.05) is 13.2 Å². The third kappa shape index (κ3) is 7.26. The fourth-order valence-electron chi connectivity index (χ4n) is 0.610. The van der Waals surface area contributed by atoms with Gasteiger partial charge in [-0.1, -0.05) is 19.1 Å². The average molecular weight is 156 g/mol. The molecule has 0 fully saturated rings. The second kappa shape index (κ2) is 7.48. The third-order valence-corrected chi connectivity index (χ3v) is 1.37. The van der Waals surface area contributed by atoms with Crippen LogP contribution in [0.3, 0.4) is 0 Å². The molecule has 0 amide bonds. The molecule has 2 heteroatoms. The van der Waals surface area contributed by atoms with Gasteiger partial charge in [-0.15, -0.1) is 0 Å². The van der Waals surface area contributed by atoms with E-state index in [1.165, 1.54) is 0 Å². The first kappa shape index (κ1) is 10.4. The van der Waals surface area contributed by atoms with Crippen molar-refractivity contribution in [1.82, 2.24) is 0 Å². The smallest absolute Gasteiger partial charge is 0.134 e. The summed E-state index contributed by atoms with van der Waals surface area (Å²) in [5.74, 6) is 0.269. The molecule has 0 aliphatic heterocycles. The molecule has 0 radical (unpaired) electrons. The van der Waals surface area contributed by atoms with Crippen molar-refractivity contribution < 1.29 is 9.53 Å². The normalized spacial score (nSPS) is 10.7. The van der Waals surface area contributed by atoms with Crippen LogP contribution in [0.4, 0.5) is 0 Å². The summed E-state index contributed by atoms with van der Waals surface area (Å²) in [5, 5.41) is 0. The summed E-state index contributed by atoms with van der Waals surface area (Å²) in [6, 6.07) is 0. The van der Waals surface area contributed by atoms with Gasteiger partial charge in [0, 0.05) is 12.8 Å². The monoisotopic (exact) mass is 156 g/mol. The van der Waals surface area contributed by atoms with Crippen molar-refractivity contribution in [2.45, 2.75) is 26.7 Å². The van der Waals surface area contributed by atoms with Gasteiger partial charge in [0.15, 0.2) is 0 Å². The fourth-order valence-corrected chi connectivity index (χ4v) is 0.610. The summed E-state index contributed by atoms with van der Waals surface area (Å²) in [6.07, 6.45) is 5.03. The minimum atomic E-state index is 0.269. The number of ether oxygens (including phenoxy) is 1. The molecule has 0 aromatic rings. The number of ketones is 1. The largest absolute Gasteiger partial charge is 0.377 e. The van der Waals surface area contributed by atoms with Gasteiger partial charge >= 0.3 is 0 Å². The van der Waals surface area contributed by atoms with Crippen LogP contribution < -0.4 is 0 Å². The van der Waals surface area contributed by atoms with E-state index in [0.29, 0.717) is 26.1 Å². The van der Waals surface area contributed by atoms with E-state index >= 15 is 0 Å². The van der Waals surface area contributed by atoms with Gasteiger partial charge < -0.3 is 4.74 Å². The number of allylic oxidation sites excluding steroid dienone is 1. The molecule has 0 saturated carbocycles. The molecule has 0 saturated heterocycles. The van der Waals surface area contributed by atoms with Gasteiger partial charge in [0.2, 0.25) is 0 Å². The number of Topliss-reactive ketones (excluding diaryl/α,β-unsaturated/α-hetero) is 1. The topological polar surface area (TPSA) is 26.3 Å². The summed E-state index contributed by atoms with van der Waals surface area (Å²) in [7, 11) is 0. The van der Waals surface area contributed by atoms with Crippen molar-refractivity contribution in [3.63, 3.8) is 0 Å². The van der Waals surface area contributed by atoms with Crippen molar-refractivity contribution >= 4 is 5.78 Å². The van der Waals surface area contributed by atoms with Crippen LogP contribution >= 0.6 is 0 Å². The van der Waals surface area contributed by atoms with Crippen LogP contribution in [0.5, 0.6) is 0 Å². The van der Waals surface area contributed by atoms with Gasteiger partial charge in [0.05, 0.1) is 13.2 Å². The quantitative estimate of drug-likeness (QED) is 0.434. The number of hydrogen-bond donors (Lipinski definition) is 0. The van der Waals surface area contributed by atoms with Gasteiger partial charge in [-0.05, 0) is 6.92 Å². The first-order valence-corrected chi connectivity index (χ1v) is 4.01. The lowest BCUT2D eigenvalue weighted by Gasteiger charge is -1.97. The first-order valence-electron chi connectivity index (χ1n) is 4.01. The summed E-state index contributed by atoms with van der Waals surface area (Å²) < 4.78 is 5.14. The summed E-state index contributed by atoms with van der Waals surface area (Å²) in [6.45, 7) is 4.99. The van der Waals surface area contributed by atoms with E-state index in [1.54, 1.807) is 0 Å². The lowest BCUT2D eigenvalue weighted by atomic mass is 10.2. The van der Waals surface area contributed by atoms with E-state index in [9.17, 15) is 4.79 Å². The van der Waals surface area contributed by atoms with Gasteiger partial charge in [0.25, 0.3) is 0 Å². The Labute approximate surface area is 68.2 Å². The van der Waals surface area contributed by atoms with Gasteiger partial charge in [-0.25, -0.2) is 0 Å². The van der Waals surface area contributed by atoms with Gasteiger partial charge in [-0.3, -0.25) is 4.79 Å². The molecule has 2 nitrogen and oxygen atoms in total. The Bertz CT molecular complexity index is 128. The van der Waals surface area contributed by atoms with Crippen LogP contribution in [-0.2, 0) is 9.53 Å². The van der Waals surface area contributed by atoms with Crippen LogP contribution in [0, 0.1) is 0 Å². The minimum Gasteiger partial charge on any atom is -0.377 e. The standard InChI is InChI=1S/C9H16O2/c1-3-5-7-11-8-6-9(10)4-2/h3,5H,4,6-8H2,1-2H3/b5-3+. The maximum Gasteiger partial charge on any atom is 0.134 e. The highest BCUT2D eigenvalue weighted by atomic mass is 16.5. The lowest BCUT2D eigenvalue weighted by Crippen LogP contribution is -2.02. The Morgan fingerprint density at radius 1 is 1.55 bits per heavy atom. The molecule has 64 valence electrons. The maximum atomic E-state index is 10.7. The molecule has 0 aliphatic carbocycles. The minimum absolute atomic E-state index is 0.269. The molecule has 0 N–H and O–H groups in total. The summed E-state index contributed by atoms with van der Waals surface area (Å²) in [5.41, 5.74) is 0. The van der Waals surface area contributed by atoms with Crippen LogP contribution in [0.25, 0.3) is 0 Å². The number of carbonyl (C=O) groups is 1. The molecule has 0 aromatic carbocycles. The van der Waals surface area contributed by atoms with Crippen molar-refractivity contribution in [3.8, 4) is 0 Å². The zero-order valence-corrected chi connectivity index (χ0v) is 7.30. The van der Waals surface area contributed by atoms with E-state index in [2.05, 4.69) is 0 Å².